The molecule has 0 aliphatic heterocycles. The van der Waals surface area contributed by atoms with E-state index in [1.807, 2.05) is 19.1 Å². The molecule has 0 aliphatic rings. The maximum atomic E-state index is 12.4. The summed E-state index contributed by atoms with van der Waals surface area (Å²) in [6, 6.07) is 12.2. The number of hydrogen-bond acceptors (Lipinski definition) is 3. The molecular weight excluding hydrogens is 284 g/mol. The summed E-state index contributed by atoms with van der Waals surface area (Å²) in [5.41, 5.74) is 8.66. The van der Waals surface area contributed by atoms with Crippen molar-refractivity contribution in [1.82, 2.24) is 0 Å². The van der Waals surface area contributed by atoms with E-state index in [0.717, 1.165) is 11.1 Å². The minimum Gasteiger partial charge on any atom is -0.399 e. The number of nitrogen functional groups attached to an aromatic ring is 1. The lowest BCUT2D eigenvalue weighted by Gasteiger charge is -2.11. The smallest absolute Gasteiger partial charge is 0.261 e. The maximum Gasteiger partial charge on any atom is 0.261 e. The molecule has 0 saturated heterocycles. The average molecular weight is 304 g/mol. The van der Waals surface area contributed by atoms with Crippen LogP contribution in [0.2, 0.25) is 0 Å². The number of benzene rings is 2. The van der Waals surface area contributed by atoms with E-state index >= 15 is 0 Å². The summed E-state index contributed by atoms with van der Waals surface area (Å²) in [5.74, 6) is 0.409. The fourth-order valence-corrected chi connectivity index (χ4v) is 3.28. The van der Waals surface area contributed by atoms with Crippen LogP contribution in [0.5, 0.6) is 0 Å². The van der Waals surface area contributed by atoms with E-state index in [1.54, 1.807) is 24.3 Å². The molecule has 0 saturated carbocycles. The lowest BCUT2D eigenvalue weighted by molar-refractivity contribution is 0.601. The molecule has 0 radical (unpaired) electrons. The lowest BCUT2D eigenvalue weighted by atomic mass is 10.0. The summed E-state index contributed by atoms with van der Waals surface area (Å²) >= 11 is 0. The highest BCUT2D eigenvalue weighted by molar-refractivity contribution is 7.92. The van der Waals surface area contributed by atoms with Crippen molar-refractivity contribution in [2.45, 2.75) is 31.6 Å². The largest absolute Gasteiger partial charge is 0.399 e. The van der Waals surface area contributed by atoms with Crippen LogP contribution in [0.25, 0.3) is 0 Å². The van der Waals surface area contributed by atoms with E-state index in [0.29, 0.717) is 17.3 Å². The summed E-state index contributed by atoms with van der Waals surface area (Å²) in [7, 11) is -3.62. The van der Waals surface area contributed by atoms with Crippen molar-refractivity contribution in [2.75, 3.05) is 10.5 Å². The van der Waals surface area contributed by atoms with Gasteiger partial charge in [-0.3, -0.25) is 4.72 Å². The van der Waals surface area contributed by atoms with Gasteiger partial charge in [0.1, 0.15) is 0 Å². The lowest BCUT2D eigenvalue weighted by Crippen LogP contribution is -2.13. The van der Waals surface area contributed by atoms with Gasteiger partial charge in [-0.25, -0.2) is 8.42 Å². The number of nitrogens with one attached hydrogen (secondary N) is 1. The molecule has 2 aromatic rings. The molecule has 0 aromatic heterocycles. The second-order valence-corrected chi connectivity index (χ2v) is 7.14. The van der Waals surface area contributed by atoms with E-state index in [-0.39, 0.29) is 4.90 Å². The molecule has 0 heterocycles. The molecule has 0 spiro atoms. The molecule has 112 valence electrons. The van der Waals surface area contributed by atoms with Crippen LogP contribution in [0.15, 0.2) is 47.4 Å². The van der Waals surface area contributed by atoms with Crippen LogP contribution >= 0.6 is 0 Å². The molecule has 0 amide bonds. The van der Waals surface area contributed by atoms with E-state index in [1.165, 1.54) is 6.07 Å². The van der Waals surface area contributed by atoms with Crippen molar-refractivity contribution in [3.8, 4) is 0 Å². The van der Waals surface area contributed by atoms with Gasteiger partial charge in [0.25, 0.3) is 10.0 Å². The minimum atomic E-state index is -3.62. The van der Waals surface area contributed by atoms with Crippen LogP contribution in [0.1, 0.15) is 30.9 Å². The van der Waals surface area contributed by atoms with Gasteiger partial charge in [-0.05, 0) is 54.3 Å². The third kappa shape index (κ3) is 3.76. The molecule has 0 bridgehead atoms. The van der Waals surface area contributed by atoms with Gasteiger partial charge in [-0.15, -0.1) is 0 Å². The first kappa shape index (κ1) is 15.4. The quantitative estimate of drug-likeness (QED) is 0.849. The molecule has 3 N–H and O–H groups in total. The third-order valence-electron chi connectivity index (χ3n) is 3.21. The van der Waals surface area contributed by atoms with Gasteiger partial charge < -0.3 is 5.73 Å². The first-order chi connectivity index (χ1) is 9.78. The van der Waals surface area contributed by atoms with Crippen LogP contribution in [-0.2, 0) is 10.0 Å². The molecule has 0 unspecified atom stereocenters. The van der Waals surface area contributed by atoms with Gasteiger partial charge in [0.15, 0.2) is 0 Å². The monoisotopic (exact) mass is 304 g/mol. The Balaban J connectivity index is 2.28. The maximum absolute atomic E-state index is 12.4. The van der Waals surface area contributed by atoms with E-state index in [9.17, 15) is 8.42 Å². The first-order valence-electron chi connectivity index (χ1n) is 6.78. The molecule has 0 atom stereocenters. The standard InChI is InChI=1S/C16H20N2O2S/c1-11(2)13-4-6-15(7-5-13)18-21(19,20)16-9-12(3)8-14(17)10-16/h4-11,18H,17H2,1-3H3. The Morgan fingerprint density at radius 3 is 2.19 bits per heavy atom. The fraction of sp³-hybridized carbons (Fsp3) is 0.250. The Labute approximate surface area is 126 Å². The summed E-state index contributed by atoms with van der Waals surface area (Å²) in [6.45, 7) is 6.00. The van der Waals surface area contributed by atoms with Gasteiger partial charge in [-0.1, -0.05) is 26.0 Å². The molecule has 0 aliphatic carbocycles. The average Bonchev–Trinajstić information content (AvgIpc) is 2.37. The molecule has 2 aromatic carbocycles. The highest BCUT2D eigenvalue weighted by Crippen LogP contribution is 2.22. The van der Waals surface area contributed by atoms with Crippen molar-refractivity contribution in [1.29, 1.82) is 0 Å². The van der Waals surface area contributed by atoms with Crippen LogP contribution < -0.4 is 10.5 Å². The molecule has 0 fully saturated rings. The van der Waals surface area contributed by atoms with E-state index < -0.39 is 10.0 Å². The summed E-state index contributed by atoms with van der Waals surface area (Å²) < 4.78 is 27.3. The number of sulfonamides is 1. The Morgan fingerprint density at radius 1 is 1.05 bits per heavy atom. The van der Waals surface area contributed by atoms with Gasteiger partial charge >= 0.3 is 0 Å². The summed E-state index contributed by atoms with van der Waals surface area (Å²) in [4.78, 5) is 0.174. The van der Waals surface area contributed by atoms with Gasteiger partial charge in [0, 0.05) is 11.4 Å². The third-order valence-corrected chi connectivity index (χ3v) is 4.57. The molecular formula is C16H20N2O2S. The van der Waals surface area contributed by atoms with Crippen molar-refractivity contribution in [3.05, 3.63) is 53.6 Å². The van der Waals surface area contributed by atoms with Crippen LogP contribution in [-0.4, -0.2) is 8.42 Å². The number of rotatable bonds is 4. The number of nitrogens with two attached hydrogens (primary N) is 1. The molecule has 21 heavy (non-hydrogen) atoms. The number of aryl methyl sites for hydroxylation is 1. The topological polar surface area (TPSA) is 72.2 Å². The van der Waals surface area contributed by atoms with Crippen molar-refractivity contribution >= 4 is 21.4 Å². The summed E-state index contributed by atoms with van der Waals surface area (Å²) in [6.07, 6.45) is 0. The number of hydrogen-bond donors (Lipinski definition) is 2. The Bertz CT molecular complexity index is 715. The van der Waals surface area contributed by atoms with Crippen molar-refractivity contribution < 1.29 is 8.42 Å². The Morgan fingerprint density at radius 2 is 1.67 bits per heavy atom. The molecule has 5 heteroatoms. The van der Waals surface area contributed by atoms with E-state index in [4.69, 9.17) is 5.73 Å². The Hall–Kier alpha value is -2.01. The van der Waals surface area contributed by atoms with Crippen LogP contribution in [0, 0.1) is 6.92 Å². The SMILES string of the molecule is Cc1cc(N)cc(S(=O)(=O)Nc2ccc(C(C)C)cc2)c1. The van der Waals surface area contributed by atoms with Crippen LogP contribution in [0.3, 0.4) is 0 Å². The highest BCUT2D eigenvalue weighted by Gasteiger charge is 2.15. The zero-order chi connectivity index (χ0) is 15.6. The van der Waals surface area contributed by atoms with Gasteiger partial charge in [0.2, 0.25) is 0 Å². The summed E-state index contributed by atoms with van der Waals surface area (Å²) in [5, 5.41) is 0. The predicted molar refractivity (Wildman–Crippen MR) is 86.9 cm³/mol. The van der Waals surface area contributed by atoms with Crippen molar-refractivity contribution in [2.24, 2.45) is 0 Å². The first-order valence-corrected chi connectivity index (χ1v) is 8.26. The molecule has 4 nitrogen and oxygen atoms in total. The molecule has 2 rings (SSSR count). The predicted octanol–water partition coefficient (Wildman–Crippen LogP) is 3.50. The fourth-order valence-electron chi connectivity index (χ4n) is 2.08. The minimum absolute atomic E-state index is 0.174. The van der Waals surface area contributed by atoms with Gasteiger partial charge in [-0.2, -0.15) is 0 Å². The zero-order valence-corrected chi connectivity index (χ0v) is 13.2. The van der Waals surface area contributed by atoms with Gasteiger partial charge in [0.05, 0.1) is 4.90 Å². The second kappa shape index (κ2) is 5.77. The van der Waals surface area contributed by atoms with E-state index in [2.05, 4.69) is 18.6 Å². The van der Waals surface area contributed by atoms with Crippen molar-refractivity contribution in [3.63, 3.8) is 0 Å². The number of anilines is 2. The zero-order valence-electron chi connectivity index (χ0n) is 12.4. The van der Waals surface area contributed by atoms with Crippen LogP contribution in [0.4, 0.5) is 11.4 Å². The Kier molecular flexibility index (Phi) is 4.23. The highest BCUT2D eigenvalue weighted by atomic mass is 32.2. The second-order valence-electron chi connectivity index (χ2n) is 5.46. The normalized spacial score (nSPS) is 11.6.